The Hall–Kier alpha value is -3.36. The first kappa shape index (κ1) is 32.2. The van der Waals surface area contributed by atoms with Gasteiger partial charge in [0.05, 0.1) is 11.9 Å². The molecule has 0 aliphatic carbocycles. The van der Waals surface area contributed by atoms with Crippen LogP contribution in [0.5, 0.6) is 0 Å². The van der Waals surface area contributed by atoms with Gasteiger partial charge in [0.2, 0.25) is 21.8 Å². The van der Waals surface area contributed by atoms with Crippen molar-refractivity contribution < 1.29 is 18.0 Å². The van der Waals surface area contributed by atoms with Crippen LogP contribution < -0.4 is 9.62 Å². The average Bonchev–Trinajstić information content (AvgIpc) is 2.91. The van der Waals surface area contributed by atoms with E-state index in [2.05, 4.69) is 5.32 Å². The highest BCUT2D eigenvalue weighted by atomic mass is 35.5. The molecule has 0 aliphatic rings. The number of halogens is 1. The quantitative estimate of drug-likeness (QED) is 0.259. The zero-order valence-corrected chi connectivity index (χ0v) is 25.8. The lowest BCUT2D eigenvalue weighted by molar-refractivity contribution is -0.141. The van der Waals surface area contributed by atoms with Crippen molar-refractivity contribution >= 4 is 39.1 Å². The number of sulfonamides is 1. The molecule has 3 aromatic rings. The van der Waals surface area contributed by atoms with Crippen LogP contribution in [-0.4, -0.2) is 50.5 Å². The molecule has 2 amide bonds. The molecular formula is C32H40ClN3O4S. The van der Waals surface area contributed by atoms with E-state index in [0.29, 0.717) is 30.1 Å². The number of hydrogen-bond donors (Lipinski definition) is 1. The van der Waals surface area contributed by atoms with E-state index in [1.54, 1.807) is 17.0 Å². The Morgan fingerprint density at radius 3 is 2.15 bits per heavy atom. The SMILES string of the molecule is CCCNC(=O)[C@@H](Cc1ccccc1)N(Cc1ccc(Cl)cc1)C(=O)CCCN(c1cc(C)cc(C)c1)S(C)(=O)=O. The highest BCUT2D eigenvalue weighted by molar-refractivity contribution is 7.92. The summed E-state index contributed by atoms with van der Waals surface area (Å²) in [5.74, 6) is -0.438. The van der Waals surface area contributed by atoms with Crippen molar-refractivity contribution in [3.8, 4) is 0 Å². The van der Waals surface area contributed by atoms with Crippen molar-refractivity contribution in [1.82, 2.24) is 10.2 Å². The zero-order chi connectivity index (χ0) is 30.0. The summed E-state index contributed by atoms with van der Waals surface area (Å²) < 4.78 is 26.7. The maximum Gasteiger partial charge on any atom is 0.243 e. The van der Waals surface area contributed by atoms with E-state index in [-0.39, 0.29) is 31.3 Å². The van der Waals surface area contributed by atoms with E-state index < -0.39 is 16.1 Å². The van der Waals surface area contributed by atoms with Crippen LogP contribution >= 0.6 is 11.6 Å². The fourth-order valence-corrected chi connectivity index (χ4v) is 5.88. The lowest BCUT2D eigenvalue weighted by Gasteiger charge is -2.32. The van der Waals surface area contributed by atoms with Crippen LogP contribution in [0.4, 0.5) is 5.69 Å². The molecular weight excluding hydrogens is 558 g/mol. The Bertz CT molecular complexity index is 1390. The first-order chi connectivity index (χ1) is 19.5. The number of hydrogen-bond acceptors (Lipinski definition) is 4. The van der Waals surface area contributed by atoms with E-state index in [0.717, 1.165) is 28.7 Å². The van der Waals surface area contributed by atoms with Gasteiger partial charge in [0.1, 0.15) is 6.04 Å². The third-order valence-corrected chi connectivity index (χ3v) is 8.18. The Kier molecular flexibility index (Phi) is 11.8. The Morgan fingerprint density at radius 1 is 0.927 bits per heavy atom. The summed E-state index contributed by atoms with van der Waals surface area (Å²) in [5, 5.41) is 3.55. The van der Waals surface area contributed by atoms with Gasteiger partial charge in [-0.2, -0.15) is 0 Å². The zero-order valence-electron chi connectivity index (χ0n) is 24.3. The standard InChI is InChI=1S/C32H40ClN3O4S/c1-5-17-34-32(38)30(22-26-10-7-6-8-11-26)35(23-27-13-15-28(33)16-14-27)31(37)12-9-18-36(41(4,39)40)29-20-24(2)19-25(3)21-29/h6-8,10-11,13-16,19-21,30H,5,9,12,17-18,22-23H2,1-4H3,(H,34,38)/t30-/m1/s1. The number of carbonyl (C=O) groups excluding carboxylic acids is 2. The molecule has 0 fully saturated rings. The normalized spacial score (nSPS) is 12.0. The van der Waals surface area contributed by atoms with E-state index >= 15 is 0 Å². The summed E-state index contributed by atoms with van der Waals surface area (Å²) in [6.45, 7) is 6.70. The Morgan fingerprint density at radius 2 is 1.56 bits per heavy atom. The van der Waals surface area contributed by atoms with Crippen LogP contribution in [-0.2, 0) is 32.6 Å². The molecule has 0 spiro atoms. The third-order valence-electron chi connectivity index (χ3n) is 6.73. The molecule has 3 rings (SSSR count). The number of rotatable bonds is 14. The first-order valence-electron chi connectivity index (χ1n) is 13.9. The number of aryl methyl sites for hydroxylation is 2. The molecule has 1 N–H and O–H groups in total. The van der Waals surface area contributed by atoms with Crippen LogP contribution in [0.3, 0.4) is 0 Å². The van der Waals surface area contributed by atoms with Crippen LogP contribution in [0.15, 0.2) is 72.8 Å². The molecule has 0 saturated heterocycles. The molecule has 0 radical (unpaired) electrons. The minimum Gasteiger partial charge on any atom is -0.354 e. The van der Waals surface area contributed by atoms with Crippen LogP contribution in [0, 0.1) is 13.8 Å². The molecule has 0 aromatic heterocycles. The van der Waals surface area contributed by atoms with E-state index in [1.807, 2.05) is 81.4 Å². The number of carbonyl (C=O) groups is 2. The van der Waals surface area contributed by atoms with Crippen LogP contribution in [0.2, 0.25) is 5.02 Å². The minimum atomic E-state index is -3.57. The molecule has 1 atom stereocenters. The maximum absolute atomic E-state index is 13.9. The smallest absolute Gasteiger partial charge is 0.243 e. The topological polar surface area (TPSA) is 86.8 Å². The molecule has 41 heavy (non-hydrogen) atoms. The van der Waals surface area contributed by atoms with E-state index in [4.69, 9.17) is 11.6 Å². The highest BCUT2D eigenvalue weighted by Crippen LogP contribution is 2.23. The number of amides is 2. The van der Waals surface area contributed by atoms with E-state index in [9.17, 15) is 18.0 Å². The maximum atomic E-state index is 13.9. The molecule has 0 bridgehead atoms. The van der Waals surface area contributed by atoms with Gasteiger partial charge in [-0.25, -0.2) is 8.42 Å². The summed E-state index contributed by atoms with van der Waals surface area (Å²) in [6.07, 6.45) is 2.68. The number of nitrogens with one attached hydrogen (secondary N) is 1. The van der Waals surface area contributed by atoms with Crippen molar-refractivity contribution in [3.05, 3.63) is 100 Å². The molecule has 9 heteroatoms. The van der Waals surface area contributed by atoms with Gasteiger partial charge in [0, 0.05) is 37.5 Å². The van der Waals surface area contributed by atoms with Gasteiger partial charge in [0.25, 0.3) is 0 Å². The van der Waals surface area contributed by atoms with Gasteiger partial charge in [-0.3, -0.25) is 13.9 Å². The molecule has 0 heterocycles. The van der Waals surface area contributed by atoms with Crippen molar-refractivity contribution in [2.75, 3.05) is 23.7 Å². The molecule has 7 nitrogen and oxygen atoms in total. The van der Waals surface area contributed by atoms with Crippen molar-refractivity contribution in [2.45, 2.75) is 59.0 Å². The monoisotopic (exact) mass is 597 g/mol. The van der Waals surface area contributed by atoms with Crippen LogP contribution in [0.25, 0.3) is 0 Å². The summed E-state index contributed by atoms with van der Waals surface area (Å²) in [7, 11) is -3.57. The van der Waals surface area contributed by atoms with Crippen LogP contribution in [0.1, 0.15) is 48.4 Å². The van der Waals surface area contributed by atoms with Gasteiger partial charge in [-0.15, -0.1) is 0 Å². The molecule has 220 valence electrons. The molecule has 0 aliphatic heterocycles. The first-order valence-corrected chi connectivity index (χ1v) is 16.1. The number of benzene rings is 3. The minimum absolute atomic E-state index is 0.0801. The van der Waals surface area contributed by atoms with Crippen molar-refractivity contribution in [2.24, 2.45) is 0 Å². The van der Waals surface area contributed by atoms with Gasteiger partial charge in [-0.05, 0) is 73.2 Å². The summed E-state index contributed by atoms with van der Waals surface area (Å²) >= 11 is 6.09. The van der Waals surface area contributed by atoms with Crippen molar-refractivity contribution in [3.63, 3.8) is 0 Å². The van der Waals surface area contributed by atoms with E-state index in [1.165, 1.54) is 10.6 Å². The van der Waals surface area contributed by atoms with Gasteiger partial charge in [-0.1, -0.05) is 67.1 Å². The summed E-state index contributed by atoms with van der Waals surface area (Å²) in [6, 6.07) is 21.7. The number of nitrogens with zero attached hydrogens (tertiary/aromatic N) is 2. The Balaban J connectivity index is 1.87. The summed E-state index contributed by atoms with van der Waals surface area (Å²) in [5.41, 5.74) is 4.28. The highest BCUT2D eigenvalue weighted by Gasteiger charge is 2.30. The lowest BCUT2D eigenvalue weighted by Crippen LogP contribution is -2.50. The van der Waals surface area contributed by atoms with Gasteiger partial charge >= 0.3 is 0 Å². The second-order valence-electron chi connectivity index (χ2n) is 10.4. The average molecular weight is 598 g/mol. The number of anilines is 1. The molecule has 0 saturated carbocycles. The van der Waals surface area contributed by atoms with Gasteiger partial charge < -0.3 is 10.2 Å². The molecule has 0 unspecified atom stereocenters. The largest absolute Gasteiger partial charge is 0.354 e. The Labute approximate surface area is 249 Å². The second kappa shape index (κ2) is 15.0. The third kappa shape index (κ3) is 9.90. The predicted octanol–water partition coefficient (Wildman–Crippen LogP) is 5.67. The lowest BCUT2D eigenvalue weighted by atomic mass is 10.0. The fourth-order valence-electron chi connectivity index (χ4n) is 4.81. The summed E-state index contributed by atoms with van der Waals surface area (Å²) in [4.78, 5) is 28.9. The molecule has 3 aromatic carbocycles. The second-order valence-corrected chi connectivity index (χ2v) is 12.8. The fraction of sp³-hybridized carbons (Fsp3) is 0.375. The van der Waals surface area contributed by atoms with Gasteiger partial charge in [0.15, 0.2) is 0 Å². The van der Waals surface area contributed by atoms with Crippen molar-refractivity contribution in [1.29, 1.82) is 0 Å². The predicted molar refractivity (Wildman–Crippen MR) is 167 cm³/mol.